The highest BCUT2D eigenvalue weighted by molar-refractivity contribution is 5.35. The Morgan fingerprint density at radius 1 is 1.20 bits per heavy atom. The number of fused-ring (bicyclic) bond motifs is 1. The molecule has 4 atom stereocenters. The summed E-state index contributed by atoms with van der Waals surface area (Å²) in [5.41, 5.74) is 3.53. The van der Waals surface area contributed by atoms with E-state index in [0.29, 0.717) is 23.2 Å². The lowest BCUT2D eigenvalue weighted by atomic mass is 9.70. The number of hydrogen-bond acceptors (Lipinski definition) is 0. The Bertz CT molecular complexity index is 537. The van der Waals surface area contributed by atoms with Crippen LogP contribution in [0.25, 0.3) is 0 Å². The van der Waals surface area contributed by atoms with Crippen LogP contribution >= 0.6 is 0 Å². The average Bonchev–Trinajstić information content (AvgIpc) is 2.73. The fourth-order valence-electron chi connectivity index (χ4n) is 4.31. The highest BCUT2D eigenvalue weighted by Crippen LogP contribution is 2.57. The van der Waals surface area contributed by atoms with E-state index in [9.17, 15) is 0 Å². The van der Waals surface area contributed by atoms with Crippen molar-refractivity contribution in [2.75, 3.05) is 0 Å². The molecule has 1 fully saturated rings. The van der Waals surface area contributed by atoms with E-state index in [2.05, 4.69) is 69.3 Å². The van der Waals surface area contributed by atoms with Crippen LogP contribution < -0.4 is 0 Å². The molecule has 20 heavy (non-hydrogen) atoms. The van der Waals surface area contributed by atoms with Crippen LogP contribution in [0, 0.1) is 17.3 Å². The zero-order valence-corrected chi connectivity index (χ0v) is 13.0. The van der Waals surface area contributed by atoms with Crippen LogP contribution in [0.2, 0.25) is 0 Å². The smallest absolute Gasteiger partial charge is 0.00489 e. The molecule has 2 aliphatic rings. The monoisotopic (exact) mass is 266 g/mol. The molecule has 0 heteroatoms. The van der Waals surface area contributed by atoms with Gasteiger partial charge in [-0.15, -0.1) is 0 Å². The lowest BCUT2D eigenvalue weighted by Gasteiger charge is -2.34. The summed E-state index contributed by atoms with van der Waals surface area (Å²) < 4.78 is 0. The van der Waals surface area contributed by atoms with Gasteiger partial charge in [0.25, 0.3) is 0 Å². The second-order valence-electron chi connectivity index (χ2n) is 6.80. The van der Waals surface area contributed by atoms with Crippen LogP contribution in [-0.2, 0) is 6.42 Å². The number of rotatable bonds is 3. The highest BCUT2D eigenvalue weighted by Gasteiger charge is 2.48. The Labute approximate surface area is 123 Å². The van der Waals surface area contributed by atoms with E-state index in [1.165, 1.54) is 19.3 Å². The van der Waals surface area contributed by atoms with E-state index in [1.807, 2.05) is 0 Å². The molecule has 0 saturated heterocycles. The predicted octanol–water partition coefficient (Wildman–Crippen LogP) is 5.51. The summed E-state index contributed by atoms with van der Waals surface area (Å²) in [6.07, 6.45) is 13.1. The molecule has 1 aromatic rings. The van der Waals surface area contributed by atoms with E-state index >= 15 is 0 Å². The van der Waals surface area contributed by atoms with E-state index in [4.69, 9.17) is 0 Å². The molecule has 0 spiro atoms. The zero-order chi connectivity index (χ0) is 14.2. The molecular weight excluding hydrogens is 240 g/mol. The summed E-state index contributed by atoms with van der Waals surface area (Å²) >= 11 is 0. The number of benzene rings is 1. The van der Waals surface area contributed by atoms with Gasteiger partial charge in [-0.1, -0.05) is 75.8 Å². The van der Waals surface area contributed by atoms with Gasteiger partial charge in [0.1, 0.15) is 0 Å². The SMILES string of the molecule is CCCc1ccccc1C1CC2C=CC=CC2(C)C1C. The molecule has 4 unspecified atom stereocenters. The third-order valence-corrected chi connectivity index (χ3v) is 5.78. The van der Waals surface area contributed by atoms with Crippen LogP contribution in [0.5, 0.6) is 0 Å². The van der Waals surface area contributed by atoms with Crippen molar-refractivity contribution in [1.29, 1.82) is 0 Å². The van der Waals surface area contributed by atoms with E-state index in [0.717, 1.165) is 0 Å². The first-order valence-electron chi connectivity index (χ1n) is 8.10. The Hall–Kier alpha value is -1.30. The molecule has 106 valence electrons. The maximum absolute atomic E-state index is 2.46. The van der Waals surface area contributed by atoms with Crippen molar-refractivity contribution < 1.29 is 0 Å². The molecular formula is C20H26. The second-order valence-corrected chi connectivity index (χ2v) is 6.80. The minimum absolute atomic E-state index is 0.346. The standard InChI is InChI=1S/C20H26/c1-4-9-16-10-5-6-12-18(16)19-14-17-11-7-8-13-20(17,3)15(19)2/h5-8,10-13,15,17,19H,4,9,14H2,1-3H3. The maximum Gasteiger partial charge on any atom is -0.00489 e. The van der Waals surface area contributed by atoms with Gasteiger partial charge in [0.05, 0.1) is 0 Å². The molecule has 3 rings (SSSR count). The topological polar surface area (TPSA) is 0 Å². The molecule has 1 saturated carbocycles. The van der Waals surface area contributed by atoms with Gasteiger partial charge in [0, 0.05) is 0 Å². The molecule has 0 N–H and O–H groups in total. The fourth-order valence-corrected chi connectivity index (χ4v) is 4.31. The molecule has 1 aromatic carbocycles. The van der Waals surface area contributed by atoms with Crippen LogP contribution in [0.3, 0.4) is 0 Å². The molecule has 0 aliphatic heterocycles. The van der Waals surface area contributed by atoms with Gasteiger partial charge in [-0.3, -0.25) is 0 Å². The number of aryl methyl sites for hydroxylation is 1. The first kappa shape index (κ1) is 13.7. The molecule has 0 heterocycles. The molecule has 0 nitrogen and oxygen atoms in total. The fraction of sp³-hybridized carbons (Fsp3) is 0.500. The largest absolute Gasteiger partial charge is 0.0805 e. The Morgan fingerprint density at radius 2 is 2.00 bits per heavy atom. The lowest BCUT2D eigenvalue weighted by molar-refractivity contribution is 0.268. The third kappa shape index (κ3) is 2.06. The Balaban J connectivity index is 1.96. The minimum atomic E-state index is 0.346. The first-order valence-corrected chi connectivity index (χ1v) is 8.10. The van der Waals surface area contributed by atoms with Crippen molar-refractivity contribution in [3.8, 4) is 0 Å². The van der Waals surface area contributed by atoms with Crippen molar-refractivity contribution in [2.24, 2.45) is 17.3 Å². The summed E-state index contributed by atoms with van der Waals surface area (Å²) in [5, 5.41) is 0. The van der Waals surface area contributed by atoms with Crippen molar-refractivity contribution >= 4 is 0 Å². The summed E-state index contributed by atoms with van der Waals surface area (Å²) in [6.45, 7) is 7.18. The van der Waals surface area contributed by atoms with E-state index < -0.39 is 0 Å². The van der Waals surface area contributed by atoms with E-state index in [1.54, 1.807) is 11.1 Å². The number of allylic oxidation sites excluding steroid dienone is 4. The Kier molecular flexibility index (Phi) is 3.58. The van der Waals surface area contributed by atoms with Crippen molar-refractivity contribution in [2.45, 2.75) is 46.0 Å². The minimum Gasteiger partial charge on any atom is -0.0805 e. The van der Waals surface area contributed by atoms with Gasteiger partial charge < -0.3 is 0 Å². The number of hydrogen-bond donors (Lipinski definition) is 0. The van der Waals surface area contributed by atoms with Gasteiger partial charge in [-0.05, 0) is 47.1 Å². The summed E-state index contributed by atoms with van der Waals surface area (Å²) in [6, 6.07) is 9.13. The van der Waals surface area contributed by atoms with Crippen molar-refractivity contribution in [3.63, 3.8) is 0 Å². The van der Waals surface area contributed by atoms with Crippen LogP contribution in [0.4, 0.5) is 0 Å². The quantitative estimate of drug-likeness (QED) is 0.676. The molecule has 0 radical (unpaired) electrons. The lowest BCUT2D eigenvalue weighted by Crippen LogP contribution is -2.26. The van der Waals surface area contributed by atoms with Crippen molar-refractivity contribution in [3.05, 3.63) is 59.7 Å². The van der Waals surface area contributed by atoms with Gasteiger partial charge in [0.2, 0.25) is 0 Å². The summed E-state index contributed by atoms with van der Waals surface area (Å²) in [7, 11) is 0. The maximum atomic E-state index is 2.46. The average molecular weight is 266 g/mol. The first-order chi connectivity index (χ1) is 9.66. The summed E-state index contributed by atoms with van der Waals surface area (Å²) in [5.74, 6) is 2.13. The van der Waals surface area contributed by atoms with Crippen molar-refractivity contribution in [1.82, 2.24) is 0 Å². The van der Waals surface area contributed by atoms with Crippen LogP contribution in [0.15, 0.2) is 48.6 Å². The Morgan fingerprint density at radius 3 is 2.75 bits per heavy atom. The van der Waals surface area contributed by atoms with Gasteiger partial charge in [-0.25, -0.2) is 0 Å². The highest BCUT2D eigenvalue weighted by atomic mass is 14.5. The van der Waals surface area contributed by atoms with Gasteiger partial charge in [-0.2, -0.15) is 0 Å². The molecule has 0 aromatic heterocycles. The van der Waals surface area contributed by atoms with Gasteiger partial charge >= 0.3 is 0 Å². The van der Waals surface area contributed by atoms with Crippen LogP contribution in [0.1, 0.15) is 50.7 Å². The van der Waals surface area contributed by atoms with Crippen LogP contribution in [-0.4, -0.2) is 0 Å². The molecule has 0 amide bonds. The zero-order valence-electron chi connectivity index (χ0n) is 13.0. The van der Waals surface area contributed by atoms with Gasteiger partial charge in [0.15, 0.2) is 0 Å². The van der Waals surface area contributed by atoms with E-state index in [-0.39, 0.29) is 0 Å². The second kappa shape index (κ2) is 5.24. The normalized spacial score (nSPS) is 35.2. The molecule has 0 bridgehead atoms. The molecule has 2 aliphatic carbocycles. The predicted molar refractivity (Wildman–Crippen MR) is 86.8 cm³/mol. The third-order valence-electron chi connectivity index (χ3n) is 5.78. The summed E-state index contributed by atoms with van der Waals surface area (Å²) in [4.78, 5) is 0.